The number of nitrogens with one attached hydrogen (secondary N) is 1. The lowest BCUT2D eigenvalue weighted by Gasteiger charge is -2.25. The second kappa shape index (κ2) is 5.14. The molecule has 1 heterocycles. The first-order valence-electron chi connectivity index (χ1n) is 7.34. The number of hydrogen-bond acceptors (Lipinski definition) is 2. The van der Waals surface area contributed by atoms with Crippen LogP contribution in [0.2, 0.25) is 0 Å². The highest BCUT2D eigenvalue weighted by Crippen LogP contribution is 2.41. The number of aromatic nitrogens is 2. The zero-order valence-electron chi connectivity index (χ0n) is 10.9. The molecule has 2 aliphatic rings. The lowest BCUT2D eigenvalue weighted by molar-refractivity contribution is 0.430. The Balaban J connectivity index is 1.91. The van der Waals surface area contributed by atoms with Crippen LogP contribution >= 0.6 is 0 Å². The number of nitriles is 1. The molecular formula is C15H21N3. The summed E-state index contributed by atoms with van der Waals surface area (Å²) in [7, 11) is 0. The molecule has 0 saturated heterocycles. The second-order valence-electron chi connectivity index (χ2n) is 5.79. The average molecular weight is 243 g/mol. The van der Waals surface area contributed by atoms with Crippen molar-refractivity contribution in [2.24, 2.45) is 0 Å². The van der Waals surface area contributed by atoms with Gasteiger partial charge in [-0.2, -0.15) is 10.4 Å². The van der Waals surface area contributed by atoms with Crippen molar-refractivity contribution in [3.8, 4) is 6.07 Å². The van der Waals surface area contributed by atoms with Crippen LogP contribution in [0.1, 0.15) is 80.2 Å². The molecule has 0 radical (unpaired) electrons. The average Bonchev–Trinajstić information content (AvgIpc) is 2.85. The molecule has 1 saturated carbocycles. The zero-order valence-corrected chi connectivity index (χ0v) is 10.9. The highest BCUT2D eigenvalue weighted by Gasteiger charge is 2.30. The summed E-state index contributed by atoms with van der Waals surface area (Å²) in [6.45, 7) is 0. The van der Waals surface area contributed by atoms with Crippen molar-refractivity contribution in [3.05, 3.63) is 17.0 Å². The van der Waals surface area contributed by atoms with Gasteiger partial charge in [-0.3, -0.25) is 5.10 Å². The molecule has 0 aromatic carbocycles. The van der Waals surface area contributed by atoms with Crippen LogP contribution in [0.5, 0.6) is 0 Å². The fourth-order valence-electron chi connectivity index (χ4n) is 3.72. The third-order valence-electron chi connectivity index (χ3n) is 4.63. The van der Waals surface area contributed by atoms with Crippen LogP contribution in [-0.2, 0) is 6.42 Å². The molecular weight excluding hydrogens is 222 g/mol. The lowest BCUT2D eigenvalue weighted by atomic mass is 9.78. The molecule has 96 valence electrons. The maximum atomic E-state index is 9.00. The van der Waals surface area contributed by atoms with Crippen LogP contribution in [0.3, 0.4) is 0 Å². The molecule has 1 N–H and O–H groups in total. The van der Waals surface area contributed by atoms with E-state index in [-0.39, 0.29) is 0 Å². The summed E-state index contributed by atoms with van der Waals surface area (Å²) in [5, 5.41) is 16.9. The molecule has 1 atom stereocenters. The van der Waals surface area contributed by atoms with Crippen LogP contribution in [0, 0.1) is 11.3 Å². The van der Waals surface area contributed by atoms with E-state index in [0.29, 0.717) is 18.3 Å². The monoisotopic (exact) mass is 243 g/mol. The standard InChI is InChI=1S/C15H21N3/c16-10-9-11-7-4-8-13-14(11)15(18-17-13)12-5-2-1-3-6-12/h11-12H,1-9H2,(H,17,18). The molecule has 0 spiro atoms. The maximum absolute atomic E-state index is 9.00. The number of H-pyrrole nitrogens is 1. The van der Waals surface area contributed by atoms with E-state index in [9.17, 15) is 0 Å². The Labute approximate surface area is 109 Å². The summed E-state index contributed by atoms with van der Waals surface area (Å²) in [5.74, 6) is 1.09. The predicted octanol–water partition coefficient (Wildman–Crippen LogP) is 3.79. The Morgan fingerprint density at radius 3 is 2.78 bits per heavy atom. The van der Waals surface area contributed by atoms with Crippen LogP contribution < -0.4 is 0 Å². The van der Waals surface area contributed by atoms with Gasteiger partial charge in [0.15, 0.2) is 0 Å². The van der Waals surface area contributed by atoms with Crippen LogP contribution in [-0.4, -0.2) is 10.2 Å². The van der Waals surface area contributed by atoms with Crippen LogP contribution in [0.15, 0.2) is 0 Å². The van der Waals surface area contributed by atoms with Gasteiger partial charge in [-0.15, -0.1) is 0 Å². The summed E-state index contributed by atoms with van der Waals surface area (Å²) in [5.41, 5.74) is 4.06. The normalized spacial score (nSPS) is 24.5. The number of hydrogen-bond donors (Lipinski definition) is 1. The minimum Gasteiger partial charge on any atom is -0.282 e. The Morgan fingerprint density at radius 1 is 1.17 bits per heavy atom. The first-order chi connectivity index (χ1) is 8.90. The van der Waals surface area contributed by atoms with Gasteiger partial charge in [0.1, 0.15) is 0 Å². The molecule has 0 amide bonds. The second-order valence-corrected chi connectivity index (χ2v) is 5.79. The van der Waals surface area contributed by atoms with Crippen molar-refractivity contribution in [1.29, 1.82) is 5.26 Å². The number of nitrogens with zero attached hydrogens (tertiary/aromatic N) is 2. The number of rotatable bonds is 2. The van der Waals surface area contributed by atoms with E-state index in [0.717, 1.165) is 6.42 Å². The molecule has 1 aromatic rings. The number of aromatic amines is 1. The summed E-state index contributed by atoms with van der Waals surface area (Å²) in [6, 6.07) is 2.36. The van der Waals surface area contributed by atoms with Gasteiger partial charge >= 0.3 is 0 Å². The Kier molecular flexibility index (Phi) is 3.36. The van der Waals surface area contributed by atoms with E-state index in [1.54, 1.807) is 0 Å². The summed E-state index contributed by atoms with van der Waals surface area (Å²) < 4.78 is 0. The zero-order chi connectivity index (χ0) is 12.4. The number of fused-ring (bicyclic) bond motifs is 1. The van der Waals surface area contributed by atoms with Crippen molar-refractivity contribution >= 4 is 0 Å². The Morgan fingerprint density at radius 2 is 2.00 bits per heavy atom. The van der Waals surface area contributed by atoms with E-state index < -0.39 is 0 Å². The fraction of sp³-hybridized carbons (Fsp3) is 0.733. The minimum atomic E-state index is 0.439. The van der Waals surface area contributed by atoms with Crippen molar-refractivity contribution in [1.82, 2.24) is 10.2 Å². The van der Waals surface area contributed by atoms with Gasteiger partial charge in [-0.25, -0.2) is 0 Å². The smallest absolute Gasteiger partial charge is 0.0690 e. The predicted molar refractivity (Wildman–Crippen MR) is 70.3 cm³/mol. The van der Waals surface area contributed by atoms with Crippen LogP contribution in [0.4, 0.5) is 0 Å². The van der Waals surface area contributed by atoms with Gasteiger partial charge in [0.05, 0.1) is 11.8 Å². The van der Waals surface area contributed by atoms with Crippen molar-refractivity contribution in [3.63, 3.8) is 0 Å². The number of aryl methyl sites for hydroxylation is 1. The van der Waals surface area contributed by atoms with Gasteiger partial charge in [0, 0.05) is 29.5 Å². The molecule has 1 aromatic heterocycles. The third-order valence-corrected chi connectivity index (χ3v) is 4.63. The minimum absolute atomic E-state index is 0.439. The quantitative estimate of drug-likeness (QED) is 0.859. The van der Waals surface area contributed by atoms with Gasteiger partial charge in [0.2, 0.25) is 0 Å². The first-order valence-corrected chi connectivity index (χ1v) is 7.34. The van der Waals surface area contributed by atoms with E-state index in [2.05, 4.69) is 16.3 Å². The summed E-state index contributed by atoms with van der Waals surface area (Å²) in [6.07, 6.45) is 10.8. The molecule has 3 rings (SSSR count). The summed E-state index contributed by atoms with van der Waals surface area (Å²) in [4.78, 5) is 0. The highest BCUT2D eigenvalue weighted by molar-refractivity contribution is 5.34. The molecule has 3 nitrogen and oxygen atoms in total. The molecule has 0 aliphatic heterocycles. The highest BCUT2D eigenvalue weighted by atomic mass is 15.1. The lowest BCUT2D eigenvalue weighted by Crippen LogP contribution is -2.13. The maximum Gasteiger partial charge on any atom is 0.0690 e. The van der Waals surface area contributed by atoms with Crippen molar-refractivity contribution in [2.75, 3.05) is 0 Å². The molecule has 1 fully saturated rings. The van der Waals surface area contributed by atoms with E-state index in [1.807, 2.05) is 0 Å². The topological polar surface area (TPSA) is 52.5 Å². The molecule has 3 heteroatoms. The van der Waals surface area contributed by atoms with E-state index in [1.165, 1.54) is 61.9 Å². The van der Waals surface area contributed by atoms with Gasteiger partial charge < -0.3 is 0 Å². The Hall–Kier alpha value is -1.30. The van der Waals surface area contributed by atoms with E-state index in [4.69, 9.17) is 5.26 Å². The van der Waals surface area contributed by atoms with E-state index >= 15 is 0 Å². The van der Waals surface area contributed by atoms with Gasteiger partial charge in [0.25, 0.3) is 0 Å². The molecule has 0 bridgehead atoms. The van der Waals surface area contributed by atoms with Crippen molar-refractivity contribution < 1.29 is 0 Å². The molecule has 1 unspecified atom stereocenters. The first kappa shape index (κ1) is 11.8. The fourth-order valence-corrected chi connectivity index (χ4v) is 3.72. The van der Waals surface area contributed by atoms with Crippen LogP contribution in [0.25, 0.3) is 0 Å². The molecule has 18 heavy (non-hydrogen) atoms. The largest absolute Gasteiger partial charge is 0.282 e. The van der Waals surface area contributed by atoms with Gasteiger partial charge in [-0.1, -0.05) is 19.3 Å². The van der Waals surface area contributed by atoms with Crippen molar-refractivity contribution in [2.45, 2.75) is 69.6 Å². The SMILES string of the molecule is N#CCC1CCCc2[nH]nc(C3CCCCC3)c21. The summed E-state index contributed by atoms with van der Waals surface area (Å²) >= 11 is 0. The third kappa shape index (κ3) is 2.05. The molecule has 2 aliphatic carbocycles. The van der Waals surface area contributed by atoms with Gasteiger partial charge in [-0.05, 0) is 32.1 Å². The Bertz CT molecular complexity index is 449.